The van der Waals surface area contributed by atoms with Crippen molar-refractivity contribution in [2.24, 2.45) is 5.73 Å². The van der Waals surface area contributed by atoms with E-state index < -0.39 is 11.9 Å². The highest BCUT2D eigenvalue weighted by atomic mass is 32.1. The predicted octanol–water partition coefficient (Wildman–Crippen LogP) is -0.242. The molecule has 0 aliphatic rings. The minimum absolute atomic E-state index is 0.485. The van der Waals surface area contributed by atoms with Gasteiger partial charge in [-0.2, -0.15) is 0 Å². The average molecular weight is 134 g/mol. The van der Waals surface area contributed by atoms with Crippen molar-refractivity contribution in [1.82, 2.24) is 4.31 Å². The standard InChI is InChI=1S/C3H6N2O2S/c1-2(6)5(8)3(4)7/h8H,1H3,(H2,4,7). The van der Waals surface area contributed by atoms with Gasteiger partial charge in [-0.05, 0) is 0 Å². The Bertz CT molecular complexity index is 110. The van der Waals surface area contributed by atoms with Gasteiger partial charge in [0.15, 0.2) is 0 Å². The Morgan fingerprint density at radius 1 is 1.62 bits per heavy atom. The number of rotatable bonds is 0. The lowest BCUT2D eigenvalue weighted by molar-refractivity contribution is -0.121. The molecular weight excluding hydrogens is 128 g/mol. The Morgan fingerprint density at radius 2 is 2.00 bits per heavy atom. The Balaban J connectivity index is 3.83. The van der Waals surface area contributed by atoms with Crippen molar-refractivity contribution < 1.29 is 9.59 Å². The van der Waals surface area contributed by atoms with Crippen molar-refractivity contribution in [2.45, 2.75) is 6.92 Å². The molecule has 0 fully saturated rings. The van der Waals surface area contributed by atoms with Crippen molar-refractivity contribution in [3.05, 3.63) is 0 Å². The third-order valence-electron chi connectivity index (χ3n) is 0.507. The molecule has 0 aliphatic heterocycles. The van der Waals surface area contributed by atoms with E-state index in [2.05, 4.69) is 18.5 Å². The second-order valence-electron chi connectivity index (χ2n) is 1.17. The number of hydrogen-bond acceptors (Lipinski definition) is 3. The van der Waals surface area contributed by atoms with Gasteiger partial charge in [0, 0.05) is 6.92 Å². The number of nitrogens with zero attached hydrogens (tertiary/aromatic N) is 1. The SMILES string of the molecule is CC(=O)N(S)C(N)=O. The summed E-state index contributed by atoms with van der Waals surface area (Å²) in [5.41, 5.74) is 4.63. The first-order valence-corrected chi connectivity index (χ1v) is 2.24. The van der Waals surface area contributed by atoms with Crippen LogP contribution in [-0.4, -0.2) is 16.2 Å². The molecule has 8 heavy (non-hydrogen) atoms. The molecule has 0 aromatic rings. The van der Waals surface area contributed by atoms with Crippen LogP contribution in [-0.2, 0) is 4.79 Å². The summed E-state index contributed by atoms with van der Waals surface area (Å²) < 4.78 is 0.528. The lowest BCUT2D eigenvalue weighted by Crippen LogP contribution is -2.31. The van der Waals surface area contributed by atoms with Crippen LogP contribution in [0.4, 0.5) is 4.79 Å². The van der Waals surface area contributed by atoms with E-state index in [-0.39, 0.29) is 0 Å². The lowest BCUT2D eigenvalue weighted by Gasteiger charge is -2.04. The summed E-state index contributed by atoms with van der Waals surface area (Å²) in [6.45, 7) is 1.19. The van der Waals surface area contributed by atoms with Crippen molar-refractivity contribution >= 4 is 24.8 Å². The summed E-state index contributed by atoms with van der Waals surface area (Å²) in [6.07, 6.45) is 0. The van der Waals surface area contributed by atoms with Crippen LogP contribution in [0.25, 0.3) is 0 Å². The molecule has 0 aromatic carbocycles. The van der Waals surface area contributed by atoms with Gasteiger partial charge in [0.05, 0.1) is 0 Å². The number of carbonyl (C=O) groups excluding carboxylic acids is 2. The Hall–Kier alpha value is -0.710. The normalized spacial score (nSPS) is 8.25. The number of hydrogen-bond donors (Lipinski definition) is 2. The fraction of sp³-hybridized carbons (Fsp3) is 0.333. The molecule has 2 N–H and O–H groups in total. The molecule has 0 bridgehead atoms. The van der Waals surface area contributed by atoms with Crippen molar-refractivity contribution in [2.75, 3.05) is 0 Å². The van der Waals surface area contributed by atoms with E-state index >= 15 is 0 Å². The largest absolute Gasteiger partial charge is 0.350 e. The van der Waals surface area contributed by atoms with E-state index in [1.54, 1.807) is 0 Å². The predicted molar refractivity (Wildman–Crippen MR) is 31.1 cm³/mol. The maximum absolute atomic E-state index is 10.1. The van der Waals surface area contributed by atoms with Gasteiger partial charge < -0.3 is 5.73 Å². The number of carbonyl (C=O) groups is 2. The van der Waals surface area contributed by atoms with Crippen LogP contribution in [0, 0.1) is 0 Å². The van der Waals surface area contributed by atoms with Gasteiger partial charge in [-0.15, -0.1) is 0 Å². The zero-order valence-corrected chi connectivity index (χ0v) is 5.18. The van der Waals surface area contributed by atoms with Crippen molar-refractivity contribution in [3.8, 4) is 0 Å². The number of thiol groups is 1. The van der Waals surface area contributed by atoms with E-state index in [0.717, 1.165) is 0 Å². The van der Waals surface area contributed by atoms with Gasteiger partial charge in [0.25, 0.3) is 0 Å². The first-order chi connectivity index (χ1) is 3.55. The molecule has 0 atom stereocenters. The van der Waals surface area contributed by atoms with Crippen LogP contribution in [0.2, 0.25) is 0 Å². The molecular formula is C3H6N2O2S. The summed E-state index contributed by atoms with van der Waals surface area (Å²) in [4.78, 5) is 20.1. The zero-order chi connectivity index (χ0) is 6.73. The summed E-state index contributed by atoms with van der Waals surface area (Å²) in [6, 6.07) is -0.860. The van der Waals surface area contributed by atoms with Gasteiger partial charge in [-0.3, -0.25) is 4.79 Å². The summed E-state index contributed by atoms with van der Waals surface area (Å²) >= 11 is 3.43. The first kappa shape index (κ1) is 7.29. The second kappa shape index (κ2) is 2.56. The maximum atomic E-state index is 10.1. The third kappa shape index (κ3) is 1.83. The zero-order valence-electron chi connectivity index (χ0n) is 4.29. The molecule has 0 aliphatic carbocycles. The van der Waals surface area contributed by atoms with Gasteiger partial charge in [-0.1, -0.05) is 12.8 Å². The number of urea groups is 1. The first-order valence-electron chi connectivity index (χ1n) is 1.84. The molecule has 0 rings (SSSR count). The third-order valence-corrected chi connectivity index (χ3v) is 0.986. The van der Waals surface area contributed by atoms with Crippen LogP contribution < -0.4 is 5.73 Å². The molecule has 0 saturated heterocycles. The van der Waals surface area contributed by atoms with Crippen molar-refractivity contribution in [3.63, 3.8) is 0 Å². The maximum Gasteiger partial charge on any atom is 0.331 e. The smallest absolute Gasteiger partial charge is 0.331 e. The highest BCUT2D eigenvalue weighted by molar-refractivity contribution is 7.79. The molecule has 0 heterocycles. The van der Waals surface area contributed by atoms with Gasteiger partial charge in [0.1, 0.15) is 0 Å². The van der Waals surface area contributed by atoms with Gasteiger partial charge in [-0.25, -0.2) is 9.10 Å². The minimum Gasteiger partial charge on any atom is -0.350 e. The second-order valence-corrected chi connectivity index (χ2v) is 1.57. The molecule has 0 aromatic heterocycles. The van der Waals surface area contributed by atoms with Gasteiger partial charge in [0.2, 0.25) is 5.91 Å². The van der Waals surface area contributed by atoms with E-state index in [1.165, 1.54) is 6.92 Å². The highest BCUT2D eigenvalue weighted by Crippen LogP contribution is 1.90. The van der Waals surface area contributed by atoms with Crippen LogP contribution in [0.5, 0.6) is 0 Å². The van der Waals surface area contributed by atoms with E-state index in [4.69, 9.17) is 0 Å². The average Bonchev–Trinajstić information content (AvgIpc) is 1.64. The quantitative estimate of drug-likeness (QED) is 0.449. The molecule has 4 nitrogen and oxygen atoms in total. The number of primary amides is 1. The van der Waals surface area contributed by atoms with E-state index in [1.807, 2.05) is 0 Å². The molecule has 0 unspecified atom stereocenters. The Labute approximate surface area is 52.2 Å². The van der Waals surface area contributed by atoms with Crippen LogP contribution in [0.3, 0.4) is 0 Å². The Morgan fingerprint density at radius 3 is 2.00 bits per heavy atom. The number of nitrogens with two attached hydrogens (primary N) is 1. The lowest BCUT2D eigenvalue weighted by atomic mass is 10.7. The molecule has 46 valence electrons. The Kier molecular flexibility index (Phi) is 2.33. The fourth-order valence-electron chi connectivity index (χ4n) is 0.155. The van der Waals surface area contributed by atoms with E-state index in [9.17, 15) is 9.59 Å². The summed E-state index contributed by atoms with van der Waals surface area (Å²) in [5.74, 6) is -0.485. The number of amides is 3. The van der Waals surface area contributed by atoms with E-state index in [0.29, 0.717) is 4.31 Å². The monoisotopic (exact) mass is 134 g/mol. The van der Waals surface area contributed by atoms with Crippen LogP contribution in [0.1, 0.15) is 6.92 Å². The molecule has 3 amide bonds. The molecule has 0 saturated carbocycles. The fourth-order valence-corrected chi connectivity index (χ4v) is 0.155. The molecule has 0 radical (unpaired) electrons. The topological polar surface area (TPSA) is 63.4 Å². The van der Waals surface area contributed by atoms with Crippen LogP contribution >= 0.6 is 12.8 Å². The van der Waals surface area contributed by atoms with Gasteiger partial charge >= 0.3 is 6.03 Å². The minimum atomic E-state index is -0.860. The number of imide groups is 1. The molecule has 0 spiro atoms. The van der Waals surface area contributed by atoms with Crippen LogP contribution in [0.15, 0.2) is 0 Å². The summed E-state index contributed by atoms with van der Waals surface area (Å²) in [7, 11) is 0. The summed E-state index contributed by atoms with van der Waals surface area (Å²) in [5, 5.41) is 0. The van der Waals surface area contributed by atoms with Crippen molar-refractivity contribution in [1.29, 1.82) is 0 Å². The highest BCUT2D eigenvalue weighted by Gasteiger charge is 2.07. The molecule has 5 heteroatoms.